The highest BCUT2D eigenvalue weighted by atomic mass is 35.5. The summed E-state index contributed by atoms with van der Waals surface area (Å²) in [7, 11) is 0. The van der Waals surface area contributed by atoms with Crippen LogP contribution in [0.15, 0.2) is 12.1 Å². The molecule has 0 saturated heterocycles. The van der Waals surface area contributed by atoms with Gasteiger partial charge in [-0.25, -0.2) is 0 Å². The molecule has 1 heterocycles. The molecule has 1 aromatic rings. The maximum absolute atomic E-state index is 11.6. The number of carbonyl (C=O) groups excluding carboxylic acids is 1. The van der Waals surface area contributed by atoms with E-state index in [-0.39, 0.29) is 23.3 Å². The number of carbonyl (C=O) groups is 1. The molecule has 0 spiro atoms. The highest BCUT2D eigenvalue weighted by Crippen LogP contribution is 2.10. The average Bonchev–Trinajstić information content (AvgIpc) is 2.27. The molecule has 1 atom stereocenters. The lowest BCUT2D eigenvalue weighted by Gasteiger charge is -2.22. The number of hydrogen-bond donors (Lipinski definition) is 2. The number of amides is 1. The van der Waals surface area contributed by atoms with Crippen molar-refractivity contribution in [1.29, 1.82) is 0 Å². The van der Waals surface area contributed by atoms with Gasteiger partial charge in [0, 0.05) is 6.54 Å². The Morgan fingerprint density at radius 2 is 2.24 bits per heavy atom. The molecule has 0 aliphatic carbocycles. The van der Waals surface area contributed by atoms with Crippen molar-refractivity contribution in [3.05, 3.63) is 23.0 Å². The normalized spacial score (nSPS) is 14.1. The van der Waals surface area contributed by atoms with Crippen LogP contribution >= 0.6 is 11.6 Å². The predicted octanol–water partition coefficient (Wildman–Crippen LogP) is 1.41. The van der Waals surface area contributed by atoms with Crippen molar-refractivity contribution in [2.75, 3.05) is 6.54 Å². The summed E-state index contributed by atoms with van der Waals surface area (Å²) >= 11 is 5.56. The van der Waals surface area contributed by atoms with Crippen LogP contribution in [0.2, 0.25) is 5.15 Å². The highest BCUT2D eigenvalue weighted by Gasteiger charge is 2.20. The van der Waals surface area contributed by atoms with E-state index in [1.807, 2.05) is 6.92 Å². The number of rotatable bonds is 5. The van der Waals surface area contributed by atoms with Crippen molar-refractivity contribution in [1.82, 2.24) is 15.5 Å². The molecule has 0 aromatic carbocycles. The second kappa shape index (κ2) is 5.93. The van der Waals surface area contributed by atoms with Gasteiger partial charge in [0.25, 0.3) is 5.91 Å². The zero-order valence-corrected chi connectivity index (χ0v) is 10.7. The molecule has 5 nitrogen and oxygen atoms in total. The summed E-state index contributed by atoms with van der Waals surface area (Å²) in [6.07, 6.45) is 1.48. The lowest BCUT2D eigenvalue weighted by molar-refractivity contribution is 0.0468. The lowest BCUT2D eigenvalue weighted by Crippen LogP contribution is -2.40. The molecule has 0 saturated carbocycles. The molecule has 0 aliphatic rings. The van der Waals surface area contributed by atoms with Gasteiger partial charge < -0.3 is 10.4 Å². The van der Waals surface area contributed by atoms with Gasteiger partial charge in [0.15, 0.2) is 10.8 Å². The van der Waals surface area contributed by atoms with Gasteiger partial charge in [-0.05, 0) is 25.5 Å². The van der Waals surface area contributed by atoms with Gasteiger partial charge in [-0.1, -0.05) is 24.9 Å². The van der Waals surface area contributed by atoms with E-state index in [0.717, 1.165) is 6.42 Å². The fraction of sp³-hybridized carbons (Fsp3) is 0.545. The minimum Gasteiger partial charge on any atom is -0.388 e. The second-order valence-corrected chi connectivity index (χ2v) is 4.56. The van der Waals surface area contributed by atoms with Gasteiger partial charge in [-0.15, -0.1) is 10.2 Å². The van der Waals surface area contributed by atoms with Crippen molar-refractivity contribution in [2.24, 2.45) is 0 Å². The molecule has 0 fully saturated rings. The molecule has 0 bridgehead atoms. The first-order chi connectivity index (χ1) is 7.94. The van der Waals surface area contributed by atoms with Gasteiger partial charge in [0.1, 0.15) is 0 Å². The standard InChI is InChI=1S/C11H16ClN3O2/c1-3-6-11(2,17)7-13-10(16)8-4-5-9(12)15-14-8/h4-5,17H,3,6-7H2,1-2H3,(H,13,16). The van der Waals surface area contributed by atoms with E-state index in [4.69, 9.17) is 11.6 Å². The summed E-state index contributed by atoms with van der Waals surface area (Å²) in [5.74, 6) is -0.370. The Kier molecular flexibility index (Phi) is 4.84. The number of hydrogen-bond acceptors (Lipinski definition) is 4. The Morgan fingerprint density at radius 3 is 2.76 bits per heavy atom. The number of nitrogens with zero attached hydrogens (tertiary/aromatic N) is 2. The van der Waals surface area contributed by atoms with E-state index in [1.165, 1.54) is 12.1 Å². The summed E-state index contributed by atoms with van der Waals surface area (Å²) in [5.41, 5.74) is -0.716. The van der Waals surface area contributed by atoms with E-state index in [9.17, 15) is 9.90 Å². The third-order valence-electron chi connectivity index (χ3n) is 2.28. The predicted molar refractivity (Wildman–Crippen MR) is 64.9 cm³/mol. The topological polar surface area (TPSA) is 75.1 Å². The van der Waals surface area contributed by atoms with Crippen molar-refractivity contribution < 1.29 is 9.90 Å². The molecular formula is C11H16ClN3O2. The van der Waals surface area contributed by atoms with Crippen LogP contribution in [0.5, 0.6) is 0 Å². The van der Waals surface area contributed by atoms with Crippen molar-refractivity contribution in [3.63, 3.8) is 0 Å². The van der Waals surface area contributed by atoms with Crippen LogP contribution in [0, 0.1) is 0 Å². The van der Waals surface area contributed by atoms with Gasteiger partial charge in [-0.3, -0.25) is 4.79 Å². The van der Waals surface area contributed by atoms with Crippen molar-refractivity contribution in [3.8, 4) is 0 Å². The van der Waals surface area contributed by atoms with Crippen LogP contribution < -0.4 is 5.32 Å². The molecule has 94 valence electrons. The summed E-state index contributed by atoms with van der Waals surface area (Å²) in [6, 6.07) is 2.98. The second-order valence-electron chi connectivity index (χ2n) is 4.17. The monoisotopic (exact) mass is 257 g/mol. The molecule has 1 aromatic heterocycles. The molecule has 1 amide bonds. The lowest BCUT2D eigenvalue weighted by atomic mass is 10.0. The van der Waals surface area contributed by atoms with Crippen molar-refractivity contribution in [2.45, 2.75) is 32.3 Å². The third-order valence-corrected chi connectivity index (χ3v) is 2.48. The number of nitrogens with one attached hydrogen (secondary N) is 1. The van der Waals surface area contributed by atoms with Gasteiger partial charge in [-0.2, -0.15) is 0 Å². The van der Waals surface area contributed by atoms with Crippen molar-refractivity contribution >= 4 is 17.5 Å². The fourth-order valence-corrected chi connectivity index (χ4v) is 1.53. The molecule has 2 N–H and O–H groups in total. The maximum atomic E-state index is 11.6. The van der Waals surface area contributed by atoms with E-state index < -0.39 is 5.60 Å². The van der Waals surface area contributed by atoms with Crippen LogP contribution in [0.25, 0.3) is 0 Å². The van der Waals surface area contributed by atoms with Crippen LogP contribution in [-0.4, -0.2) is 33.4 Å². The average molecular weight is 258 g/mol. The summed E-state index contributed by atoms with van der Waals surface area (Å²) in [6.45, 7) is 3.84. The minimum atomic E-state index is -0.899. The minimum absolute atomic E-state index is 0.182. The first-order valence-corrected chi connectivity index (χ1v) is 5.82. The summed E-state index contributed by atoms with van der Waals surface area (Å²) < 4.78 is 0. The molecule has 6 heteroatoms. The fourth-order valence-electron chi connectivity index (χ4n) is 1.43. The molecule has 1 rings (SSSR count). The first kappa shape index (κ1) is 13.9. The molecule has 0 aliphatic heterocycles. The van der Waals surface area contributed by atoms with E-state index >= 15 is 0 Å². The van der Waals surface area contributed by atoms with Crippen LogP contribution in [0.4, 0.5) is 0 Å². The SMILES string of the molecule is CCCC(C)(O)CNC(=O)c1ccc(Cl)nn1. The molecule has 1 unspecified atom stereocenters. The highest BCUT2D eigenvalue weighted by molar-refractivity contribution is 6.29. The largest absolute Gasteiger partial charge is 0.388 e. The summed E-state index contributed by atoms with van der Waals surface area (Å²) in [4.78, 5) is 11.6. The Bertz CT molecular complexity index is 379. The zero-order valence-electron chi connectivity index (χ0n) is 9.90. The zero-order chi connectivity index (χ0) is 12.9. The Morgan fingerprint density at radius 1 is 1.53 bits per heavy atom. The van der Waals surface area contributed by atoms with Crippen LogP contribution in [-0.2, 0) is 0 Å². The van der Waals surface area contributed by atoms with E-state index in [1.54, 1.807) is 6.92 Å². The smallest absolute Gasteiger partial charge is 0.271 e. The summed E-state index contributed by atoms with van der Waals surface area (Å²) in [5, 5.41) is 19.9. The van der Waals surface area contributed by atoms with Crippen LogP contribution in [0.1, 0.15) is 37.2 Å². The molecular weight excluding hydrogens is 242 g/mol. The Balaban J connectivity index is 2.53. The maximum Gasteiger partial charge on any atom is 0.271 e. The molecule has 0 radical (unpaired) electrons. The number of aliphatic hydroxyl groups is 1. The van der Waals surface area contributed by atoms with Gasteiger partial charge in [0.2, 0.25) is 0 Å². The third kappa shape index (κ3) is 4.66. The molecule has 17 heavy (non-hydrogen) atoms. The Labute approximate surface area is 105 Å². The van der Waals surface area contributed by atoms with E-state index in [0.29, 0.717) is 6.42 Å². The number of halogens is 1. The van der Waals surface area contributed by atoms with E-state index in [2.05, 4.69) is 15.5 Å². The number of aromatic nitrogens is 2. The van der Waals surface area contributed by atoms with Gasteiger partial charge in [0.05, 0.1) is 5.60 Å². The quantitative estimate of drug-likeness (QED) is 0.836. The Hall–Kier alpha value is -1.20. The first-order valence-electron chi connectivity index (χ1n) is 5.44. The van der Waals surface area contributed by atoms with Gasteiger partial charge >= 0.3 is 0 Å². The van der Waals surface area contributed by atoms with Crippen LogP contribution in [0.3, 0.4) is 0 Å².